The molecule has 0 spiro atoms. The molecule has 4 rings (SSSR count). The first kappa shape index (κ1) is 21.3. The van der Waals surface area contributed by atoms with Gasteiger partial charge >= 0.3 is 6.16 Å². The van der Waals surface area contributed by atoms with Crippen LogP contribution in [-0.2, 0) is 0 Å². The van der Waals surface area contributed by atoms with E-state index in [-0.39, 0.29) is 43.1 Å². The molecule has 1 atom stereocenters. The van der Waals surface area contributed by atoms with Crippen LogP contribution in [0.25, 0.3) is 10.9 Å². The molecule has 1 aliphatic carbocycles. The third-order valence-electron chi connectivity index (χ3n) is 5.06. The Balaban J connectivity index is 0.00000240. The van der Waals surface area contributed by atoms with Gasteiger partial charge in [-0.25, -0.2) is 18.0 Å². The molecular weight excluding hydrogens is 415 g/mol. The lowest BCUT2D eigenvalue weighted by atomic mass is 10.1. The summed E-state index contributed by atoms with van der Waals surface area (Å²) >= 11 is 0. The van der Waals surface area contributed by atoms with Gasteiger partial charge in [0.15, 0.2) is 23.2 Å². The number of carbonyl (C=O) groups is 1. The molecule has 0 bridgehead atoms. The van der Waals surface area contributed by atoms with E-state index in [2.05, 4.69) is 10.1 Å². The largest absolute Gasteiger partial charge is 0.511 e. The maximum atomic E-state index is 15.5. The Hall–Kier alpha value is -2.46. The Morgan fingerprint density at radius 1 is 1.24 bits per heavy atom. The van der Waals surface area contributed by atoms with E-state index in [0.717, 1.165) is 6.20 Å². The first-order valence-electron chi connectivity index (χ1n) is 8.94. The highest BCUT2D eigenvalue weighted by molar-refractivity contribution is 5.86. The normalized spacial score (nSPS) is 19.2. The number of hydrogen-bond donors (Lipinski definition) is 2. The number of ether oxygens (including phenoxy) is 1. The number of anilines is 1. The quantitative estimate of drug-likeness (QED) is 0.572. The molecule has 1 aliphatic heterocycles. The lowest BCUT2D eigenvalue weighted by Gasteiger charge is -2.34. The van der Waals surface area contributed by atoms with E-state index in [0.29, 0.717) is 19.4 Å². The van der Waals surface area contributed by atoms with Crippen molar-refractivity contribution in [1.29, 1.82) is 0 Å². The standard InChI is InChI=1S/C18H18F3N3O4.ClH/c1-8-6-23(5-4-22-8)16-13(20)12(19)11-15(14(16)21)24(9-2-3-9)7-10(17(11)25)28-18(26)27;/h7-9,22H,2-6H2,1H3,(H,26,27);1H. The van der Waals surface area contributed by atoms with Crippen LogP contribution < -0.4 is 20.4 Å². The number of pyridine rings is 1. The lowest BCUT2D eigenvalue weighted by Crippen LogP contribution is -2.50. The molecule has 0 radical (unpaired) electrons. The Morgan fingerprint density at radius 3 is 2.52 bits per heavy atom. The van der Waals surface area contributed by atoms with Crippen LogP contribution in [0.2, 0.25) is 0 Å². The molecule has 0 amide bonds. The number of hydrogen-bond acceptors (Lipinski definition) is 5. The van der Waals surface area contributed by atoms with E-state index < -0.39 is 45.9 Å². The molecule has 2 aliphatic rings. The van der Waals surface area contributed by atoms with Crippen LogP contribution >= 0.6 is 12.4 Å². The molecule has 29 heavy (non-hydrogen) atoms. The fourth-order valence-corrected chi connectivity index (χ4v) is 3.68. The van der Waals surface area contributed by atoms with E-state index in [9.17, 15) is 18.4 Å². The van der Waals surface area contributed by atoms with Crippen molar-refractivity contribution >= 4 is 35.2 Å². The van der Waals surface area contributed by atoms with Crippen molar-refractivity contribution in [3.63, 3.8) is 0 Å². The van der Waals surface area contributed by atoms with Gasteiger partial charge in [0.25, 0.3) is 0 Å². The van der Waals surface area contributed by atoms with Crippen molar-refractivity contribution in [3.05, 3.63) is 33.9 Å². The molecule has 2 heterocycles. The second kappa shape index (κ2) is 7.75. The lowest BCUT2D eigenvalue weighted by molar-refractivity contribution is 0.143. The van der Waals surface area contributed by atoms with Crippen molar-refractivity contribution in [2.75, 3.05) is 24.5 Å². The Bertz CT molecular complexity index is 1040. The van der Waals surface area contributed by atoms with Crippen LogP contribution in [0.5, 0.6) is 5.75 Å². The topological polar surface area (TPSA) is 83.8 Å². The highest BCUT2D eigenvalue weighted by Gasteiger charge is 2.34. The highest BCUT2D eigenvalue weighted by Crippen LogP contribution is 2.41. The van der Waals surface area contributed by atoms with Gasteiger partial charge in [0.1, 0.15) is 5.69 Å². The summed E-state index contributed by atoms with van der Waals surface area (Å²) in [5, 5.41) is 11.1. The molecule has 7 nitrogen and oxygen atoms in total. The summed E-state index contributed by atoms with van der Waals surface area (Å²) in [5.74, 6) is -4.69. The zero-order valence-electron chi connectivity index (χ0n) is 15.4. The van der Waals surface area contributed by atoms with Crippen molar-refractivity contribution in [2.24, 2.45) is 0 Å². The molecule has 2 N–H and O–H groups in total. The zero-order chi connectivity index (χ0) is 20.2. The minimum atomic E-state index is -1.77. The summed E-state index contributed by atoms with van der Waals surface area (Å²) in [5.41, 5.74) is -2.09. The molecule has 2 fully saturated rings. The van der Waals surface area contributed by atoms with Crippen molar-refractivity contribution in [3.8, 4) is 5.75 Å². The van der Waals surface area contributed by atoms with Crippen LogP contribution in [0.15, 0.2) is 11.0 Å². The summed E-state index contributed by atoms with van der Waals surface area (Å²) in [6, 6.07) is -0.295. The summed E-state index contributed by atoms with van der Waals surface area (Å²) in [7, 11) is 0. The Labute approximate surface area is 169 Å². The first-order chi connectivity index (χ1) is 13.3. The van der Waals surface area contributed by atoms with Crippen molar-refractivity contribution in [2.45, 2.75) is 31.8 Å². The third-order valence-corrected chi connectivity index (χ3v) is 5.06. The summed E-state index contributed by atoms with van der Waals surface area (Å²) in [6.45, 7) is 2.86. The molecule has 158 valence electrons. The fourth-order valence-electron chi connectivity index (χ4n) is 3.68. The molecule has 2 aromatic rings. The predicted octanol–water partition coefficient (Wildman–Crippen LogP) is 3.03. The maximum Gasteiger partial charge on any atom is 0.511 e. The van der Waals surface area contributed by atoms with Gasteiger partial charge in [0.05, 0.1) is 17.1 Å². The number of halogens is 4. The van der Waals surface area contributed by atoms with Crippen LogP contribution in [0.4, 0.5) is 23.7 Å². The van der Waals surface area contributed by atoms with Crippen molar-refractivity contribution in [1.82, 2.24) is 9.88 Å². The number of nitrogens with zero attached hydrogens (tertiary/aromatic N) is 2. The minimum absolute atomic E-state index is 0. The van der Waals surface area contributed by atoms with E-state index >= 15 is 4.39 Å². The number of aromatic nitrogens is 1. The maximum absolute atomic E-state index is 15.5. The summed E-state index contributed by atoms with van der Waals surface area (Å²) in [4.78, 5) is 24.8. The zero-order valence-corrected chi connectivity index (χ0v) is 16.2. The molecular formula is C18H19ClF3N3O4. The average molecular weight is 434 g/mol. The van der Waals surface area contributed by atoms with Gasteiger partial charge in [0.2, 0.25) is 5.43 Å². The highest BCUT2D eigenvalue weighted by atomic mass is 35.5. The SMILES string of the molecule is CC1CN(c2c(F)c(F)c3c(=O)c(OC(=O)O)cn(C4CC4)c3c2F)CCN1.Cl. The smallest absolute Gasteiger partial charge is 0.449 e. The molecule has 11 heteroatoms. The van der Waals surface area contributed by atoms with E-state index in [4.69, 9.17) is 5.11 Å². The number of benzene rings is 1. The molecule has 1 aromatic heterocycles. The Kier molecular flexibility index (Phi) is 5.68. The summed E-state index contributed by atoms with van der Waals surface area (Å²) in [6.07, 6.45) is 0.568. The number of nitrogens with one attached hydrogen (secondary N) is 1. The van der Waals surface area contributed by atoms with Crippen LogP contribution in [-0.4, -0.2) is 41.5 Å². The van der Waals surface area contributed by atoms with E-state index in [1.165, 1.54) is 9.47 Å². The monoisotopic (exact) mass is 433 g/mol. The van der Waals surface area contributed by atoms with E-state index in [1.54, 1.807) is 0 Å². The van der Waals surface area contributed by atoms with Crippen LogP contribution in [0.3, 0.4) is 0 Å². The molecule has 1 saturated heterocycles. The van der Waals surface area contributed by atoms with Gasteiger partial charge in [0, 0.05) is 31.7 Å². The van der Waals surface area contributed by atoms with Crippen LogP contribution in [0.1, 0.15) is 25.8 Å². The number of piperazine rings is 1. The van der Waals surface area contributed by atoms with Crippen LogP contribution in [0, 0.1) is 17.5 Å². The van der Waals surface area contributed by atoms with Gasteiger partial charge < -0.3 is 24.6 Å². The second-order valence-electron chi connectivity index (χ2n) is 7.14. The molecule has 1 aromatic carbocycles. The molecule has 1 saturated carbocycles. The number of rotatable bonds is 3. The van der Waals surface area contributed by atoms with Gasteiger partial charge in [-0.3, -0.25) is 4.79 Å². The minimum Gasteiger partial charge on any atom is -0.449 e. The number of fused-ring (bicyclic) bond motifs is 1. The molecule has 1 unspecified atom stereocenters. The predicted molar refractivity (Wildman–Crippen MR) is 102 cm³/mol. The second-order valence-corrected chi connectivity index (χ2v) is 7.14. The van der Waals surface area contributed by atoms with Gasteiger partial charge in [-0.05, 0) is 19.8 Å². The van der Waals surface area contributed by atoms with Gasteiger partial charge in [-0.15, -0.1) is 12.4 Å². The first-order valence-corrected chi connectivity index (χ1v) is 8.94. The number of carboxylic acid groups (broad SMARTS) is 1. The van der Waals surface area contributed by atoms with Crippen molar-refractivity contribution < 1.29 is 27.8 Å². The Morgan fingerprint density at radius 2 is 1.93 bits per heavy atom. The summed E-state index contributed by atoms with van der Waals surface area (Å²) < 4.78 is 50.9. The fraction of sp³-hybridized carbons (Fsp3) is 0.444. The van der Waals surface area contributed by atoms with Gasteiger partial charge in [-0.2, -0.15) is 0 Å². The van der Waals surface area contributed by atoms with Gasteiger partial charge in [-0.1, -0.05) is 0 Å². The third kappa shape index (κ3) is 3.62. The average Bonchev–Trinajstić information content (AvgIpc) is 3.46. The van der Waals surface area contributed by atoms with E-state index in [1.807, 2.05) is 6.92 Å².